The molecule has 0 unspecified atom stereocenters. The van der Waals surface area contributed by atoms with Crippen molar-refractivity contribution in [2.45, 2.75) is 20.1 Å². The van der Waals surface area contributed by atoms with Crippen molar-refractivity contribution >= 4 is 17.5 Å². The van der Waals surface area contributed by atoms with Crippen LogP contribution in [-0.4, -0.2) is 9.97 Å². The van der Waals surface area contributed by atoms with Gasteiger partial charge in [0, 0.05) is 18.4 Å². The minimum absolute atomic E-state index is 0.551. The summed E-state index contributed by atoms with van der Waals surface area (Å²) in [4.78, 5) is 8.83. The molecular formula is C25H24N4O. The monoisotopic (exact) mass is 396 g/mol. The second-order valence-electron chi connectivity index (χ2n) is 7.03. The lowest BCUT2D eigenvalue weighted by Gasteiger charge is -2.10. The molecule has 4 rings (SSSR count). The van der Waals surface area contributed by atoms with Gasteiger partial charge in [0.2, 0.25) is 5.95 Å². The van der Waals surface area contributed by atoms with Crippen molar-refractivity contribution in [2.24, 2.45) is 0 Å². The SMILES string of the molecule is Cc1ccc(CNc2nccc(Nc3ccc(OCc4ccccc4)cc3)n2)cc1. The van der Waals surface area contributed by atoms with E-state index in [1.165, 1.54) is 11.1 Å². The second-order valence-corrected chi connectivity index (χ2v) is 7.03. The number of hydrogen-bond acceptors (Lipinski definition) is 5. The van der Waals surface area contributed by atoms with Crippen LogP contribution in [0.5, 0.6) is 5.75 Å². The van der Waals surface area contributed by atoms with Gasteiger partial charge in [0.15, 0.2) is 0 Å². The number of rotatable bonds is 8. The largest absolute Gasteiger partial charge is 0.489 e. The van der Waals surface area contributed by atoms with Crippen LogP contribution in [0, 0.1) is 6.92 Å². The Morgan fingerprint density at radius 3 is 2.33 bits per heavy atom. The average molecular weight is 396 g/mol. The molecule has 0 spiro atoms. The zero-order valence-corrected chi connectivity index (χ0v) is 16.9. The third kappa shape index (κ3) is 5.58. The molecule has 5 heteroatoms. The van der Waals surface area contributed by atoms with E-state index >= 15 is 0 Å². The first-order valence-electron chi connectivity index (χ1n) is 9.91. The number of aromatic nitrogens is 2. The summed E-state index contributed by atoms with van der Waals surface area (Å²) in [6, 6.07) is 28.2. The van der Waals surface area contributed by atoms with Gasteiger partial charge in [0.05, 0.1) is 0 Å². The molecular weight excluding hydrogens is 372 g/mol. The fraction of sp³-hybridized carbons (Fsp3) is 0.120. The molecule has 0 aliphatic heterocycles. The maximum absolute atomic E-state index is 5.83. The normalized spacial score (nSPS) is 10.4. The van der Waals surface area contributed by atoms with Crippen LogP contribution >= 0.6 is 0 Å². The summed E-state index contributed by atoms with van der Waals surface area (Å²) >= 11 is 0. The van der Waals surface area contributed by atoms with Gasteiger partial charge in [-0.1, -0.05) is 60.2 Å². The molecule has 0 radical (unpaired) electrons. The Hall–Kier alpha value is -3.86. The molecule has 0 aliphatic rings. The van der Waals surface area contributed by atoms with Crippen LogP contribution in [0.3, 0.4) is 0 Å². The van der Waals surface area contributed by atoms with E-state index < -0.39 is 0 Å². The summed E-state index contributed by atoms with van der Waals surface area (Å²) in [7, 11) is 0. The van der Waals surface area contributed by atoms with Crippen molar-refractivity contribution in [3.8, 4) is 5.75 Å². The predicted octanol–water partition coefficient (Wildman–Crippen LogP) is 5.72. The molecule has 0 atom stereocenters. The first-order chi connectivity index (χ1) is 14.7. The second kappa shape index (κ2) is 9.56. The zero-order chi connectivity index (χ0) is 20.6. The number of anilines is 3. The van der Waals surface area contributed by atoms with Crippen LogP contribution in [0.2, 0.25) is 0 Å². The summed E-state index contributed by atoms with van der Waals surface area (Å²) in [6.45, 7) is 3.31. The van der Waals surface area contributed by atoms with E-state index in [9.17, 15) is 0 Å². The van der Waals surface area contributed by atoms with Crippen LogP contribution in [-0.2, 0) is 13.2 Å². The smallest absolute Gasteiger partial charge is 0.224 e. The lowest BCUT2D eigenvalue weighted by molar-refractivity contribution is 0.306. The van der Waals surface area contributed by atoms with E-state index in [2.05, 4.69) is 63.9 Å². The van der Waals surface area contributed by atoms with Gasteiger partial charge in [0.1, 0.15) is 18.2 Å². The molecule has 0 saturated heterocycles. The number of benzene rings is 3. The fourth-order valence-corrected chi connectivity index (χ4v) is 2.92. The molecule has 150 valence electrons. The van der Waals surface area contributed by atoms with E-state index in [0.717, 1.165) is 22.8 Å². The number of nitrogens with one attached hydrogen (secondary N) is 2. The summed E-state index contributed by atoms with van der Waals surface area (Å²) in [5.41, 5.74) is 4.52. The Morgan fingerprint density at radius 2 is 1.57 bits per heavy atom. The Labute approximate surface area is 176 Å². The number of ether oxygens (including phenoxy) is 1. The van der Waals surface area contributed by atoms with Crippen molar-refractivity contribution in [2.75, 3.05) is 10.6 Å². The average Bonchev–Trinajstić information content (AvgIpc) is 2.79. The fourth-order valence-electron chi connectivity index (χ4n) is 2.92. The van der Waals surface area contributed by atoms with Crippen molar-refractivity contribution in [1.82, 2.24) is 9.97 Å². The van der Waals surface area contributed by atoms with Crippen LogP contribution in [0.25, 0.3) is 0 Å². The summed E-state index contributed by atoms with van der Waals surface area (Å²) < 4.78 is 5.83. The molecule has 1 aromatic heterocycles. The molecule has 0 saturated carbocycles. The number of hydrogen-bond donors (Lipinski definition) is 2. The van der Waals surface area contributed by atoms with Gasteiger partial charge in [-0.3, -0.25) is 0 Å². The van der Waals surface area contributed by atoms with E-state index in [1.807, 2.05) is 48.5 Å². The van der Waals surface area contributed by atoms with Gasteiger partial charge in [-0.2, -0.15) is 4.98 Å². The van der Waals surface area contributed by atoms with E-state index in [4.69, 9.17) is 4.74 Å². The van der Waals surface area contributed by atoms with Gasteiger partial charge < -0.3 is 15.4 Å². The molecule has 1 heterocycles. The van der Waals surface area contributed by atoms with E-state index in [-0.39, 0.29) is 0 Å². The summed E-state index contributed by atoms with van der Waals surface area (Å²) in [6.07, 6.45) is 1.74. The molecule has 0 fully saturated rings. The molecule has 30 heavy (non-hydrogen) atoms. The highest BCUT2D eigenvalue weighted by molar-refractivity contribution is 5.57. The molecule has 2 N–H and O–H groups in total. The van der Waals surface area contributed by atoms with Crippen molar-refractivity contribution in [3.05, 3.63) is 108 Å². The van der Waals surface area contributed by atoms with Gasteiger partial charge in [-0.05, 0) is 48.4 Å². The highest BCUT2D eigenvalue weighted by Crippen LogP contribution is 2.20. The molecule has 3 aromatic carbocycles. The Bertz CT molecular complexity index is 1060. The minimum atomic E-state index is 0.551. The first kappa shape index (κ1) is 19.5. The van der Waals surface area contributed by atoms with E-state index in [0.29, 0.717) is 19.1 Å². The van der Waals surface area contributed by atoms with Crippen LogP contribution in [0.1, 0.15) is 16.7 Å². The van der Waals surface area contributed by atoms with Crippen molar-refractivity contribution in [3.63, 3.8) is 0 Å². The summed E-state index contributed by atoms with van der Waals surface area (Å²) in [5.74, 6) is 2.14. The highest BCUT2D eigenvalue weighted by atomic mass is 16.5. The topological polar surface area (TPSA) is 59.1 Å². The highest BCUT2D eigenvalue weighted by Gasteiger charge is 2.02. The van der Waals surface area contributed by atoms with Crippen molar-refractivity contribution < 1.29 is 4.74 Å². The maximum atomic E-state index is 5.83. The molecule has 0 amide bonds. The third-order valence-corrected chi connectivity index (χ3v) is 4.60. The van der Waals surface area contributed by atoms with Gasteiger partial charge >= 0.3 is 0 Å². The van der Waals surface area contributed by atoms with Crippen LogP contribution in [0.15, 0.2) is 91.1 Å². The Morgan fingerprint density at radius 1 is 0.800 bits per heavy atom. The third-order valence-electron chi connectivity index (χ3n) is 4.60. The summed E-state index contributed by atoms with van der Waals surface area (Å²) in [5, 5.41) is 6.57. The van der Waals surface area contributed by atoms with E-state index in [1.54, 1.807) is 6.20 Å². The lowest BCUT2D eigenvalue weighted by Crippen LogP contribution is -2.05. The maximum Gasteiger partial charge on any atom is 0.224 e. The van der Waals surface area contributed by atoms with Gasteiger partial charge in [0.25, 0.3) is 0 Å². The molecule has 4 aromatic rings. The quantitative estimate of drug-likeness (QED) is 0.399. The van der Waals surface area contributed by atoms with Crippen LogP contribution in [0.4, 0.5) is 17.5 Å². The Kier molecular flexibility index (Phi) is 6.20. The molecule has 5 nitrogen and oxygen atoms in total. The molecule has 0 bridgehead atoms. The zero-order valence-electron chi connectivity index (χ0n) is 16.9. The van der Waals surface area contributed by atoms with Crippen LogP contribution < -0.4 is 15.4 Å². The van der Waals surface area contributed by atoms with Crippen molar-refractivity contribution in [1.29, 1.82) is 0 Å². The lowest BCUT2D eigenvalue weighted by atomic mass is 10.1. The first-order valence-corrected chi connectivity index (χ1v) is 9.91. The van der Waals surface area contributed by atoms with Gasteiger partial charge in [-0.25, -0.2) is 4.98 Å². The molecule has 0 aliphatic carbocycles. The standard InChI is InChI=1S/C25H24N4O/c1-19-7-9-20(10-8-19)17-27-25-26-16-15-24(29-25)28-22-11-13-23(14-12-22)30-18-21-5-3-2-4-6-21/h2-16H,17-18H2,1H3,(H2,26,27,28,29). The number of nitrogens with zero attached hydrogens (tertiary/aromatic N) is 2. The Balaban J connectivity index is 1.32. The minimum Gasteiger partial charge on any atom is -0.489 e. The van der Waals surface area contributed by atoms with Gasteiger partial charge in [-0.15, -0.1) is 0 Å². The number of aryl methyl sites for hydroxylation is 1. The predicted molar refractivity (Wildman–Crippen MR) is 121 cm³/mol.